The van der Waals surface area contributed by atoms with Gasteiger partial charge in [0.1, 0.15) is 5.54 Å². The number of benzene rings is 3. The second kappa shape index (κ2) is 23.1. The van der Waals surface area contributed by atoms with Gasteiger partial charge in [-0.05, 0) is 55.9 Å². The van der Waals surface area contributed by atoms with E-state index in [1.165, 1.54) is 36.8 Å². The van der Waals surface area contributed by atoms with Gasteiger partial charge in [0.15, 0.2) is 0 Å². The van der Waals surface area contributed by atoms with Crippen LogP contribution in [0.25, 0.3) is 11.4 Å². The van der Waals surface area contributed by atoms with E-state index in [0.29, 0.717) is 24.1 Å². The molecule has 1 unspecified atom stereocenters. The van der Waals surface area contributed by atoms with Gasteiger partial charge in [0.25, 0.3) is 5.91 Å². The standard InChI is InChI=1S/C53H69N7O6/c1-4-6-8-10-11-12-19-25-46(61)58-53(3,52(65)54-30-20-9-7-5-2)33-47-57-48(59-66-47)38-26-28-39(29-27-38)51(64)60-34-42(49(62)55-44-31-40(44)36-21-15-13-16-22-36)43(35-60)50(63)56-45-32-41(45)37-23-17-14-18-24-37/h13-18,21-24,26-29,40-45H,4-12,19-20,25,30-35H2,1-3H3,(H,54,65)(H,55,62)(H,56,63)(H,58,61)/t40-,41-,42-,43-,44+,45+,53?/m1/s1. The molecule has 1 aliphatic heterocycles. The van der Waals surface area contributed by atoms with Gasteiger partial charge in [0.05, 0.1) is 18.3 Å². The summed E-state index contributed by atoms with van der Waals surface area (Å²) in [6.45, 7) is 6.78. The van der Waals surface area contributed by atoms with Crippen LogP contribution in [-0.4, -0.2) is 81.8 Å². The van der Waals surface area contributed by atoms with Crippen LogP contribution < -0.4 is 21.3 Å². The predicted octanol–water partition coefficient (Wildman–Crippen LogP) is 8.02. The maximum Gasteiger partial charge on any atom is 0.253 e. The van der Waals surface area contributed by atoms with Gasteiger partial charge in [-0.2, -0.15) is 4.98 Å². The Bertz CT molecular complexity index is 2160. The van der Waals surface area contributed by atoms with Crippen LogP contribution in [0.2, 0.25) is 0 Å². The molecule has 3 fully saturated rings. The molecule has 1 aromatic heterocycles. The molecule has 66 heavy (non-hydrogen) atoms. The molecule has 7 atom stereocenters. The number of carbonyl (C=O) groups is 5. The predicted molar refractivity (Wildman–Crippen MR) is 254 cm³/mol. The van der Waals surface area contributed by atoms with E-state index in [-0.39, 0.29) is 84.7 Å². The van der Waals surface area contributed by atoms with Crippen molar-refractivity contribution in [1.29, 1.82) is 0 Å². The molecular weight excluding hydrogens is 831 g/mol. The van der Waals surface area contributed by atoms with Crippen molar-refractivity contribution in [2.24, 2.45) is 11.8 Å². The second-order valence-electron chi connectivity index (χ2n) is 19.0. The average Bonchev–Trinajstić information content (AvgIpc) is 4.17. The van der Waals surface area contributed by atoms with Crippen LogP contribution in [0, 0.1) is 11.8 Å². The number of hydrogen-bond acceptors (Lipinski definition) is 8. The van der Waals surface area contributed by atoms with E-state index in [2.05, 4.69) is 69.5 Å². The van der Waals surface area contributed by atoms with Gasteiger partial charge in [0, 0.05) is 61.1 Å². The Balaban J connectivity index is 0.983. The van der Waals surface area contributed by atoms with E-state index in [0.717, 1.165) is 57.8 Å². The summed E-state index contributed by atoms with van der Waals surface area (Å²) in [6.07, 6.45) is 13.6. The van der Waals surface area contributed by atoms with Gasteiger partial charge in [-0.1, -0.05) is 150 Å². The molecule has 4 aromatic rings. The lowest BCUT2D eigenvalue weighted by Gasteiger charge is -2.28. The Hall–Kier alpha value is -5.85. The summed E-state index contributed by atoms with van der Waals surface area (Å²) < 4.78 is 5.66. The monoisotopic (exact) mass is 900 g/mol. The number of likely N-dealkylation sites (tertiary alicyclic amines) is 1. The zero-order chi connectivity index (χ0) is 46.5. The Labute approximate surface area is 390 Å². The quantitative estimate of drug-likeness (QED) is 0.0484. The van der Waals surface area contributed by atoms with Gasteiger partial charge in [-0.25, -0.2) is 0 Å². The van der Waals surface area contributed by atoms with E-state index in [9.17, 15) is 24.0 Å². The first-order valence-corrected chi connectivity index (χ1v) is 24.6. The highest BCUT2D eigenvalue weighted by Crippen LogP contribution is 2.43. The first kappa shape index (κ1) is 48.1. The topological polar surface area (TPSA) is 176 Å². The lowest BCUT2D eigenvalue weighted by atomic mass is 9.94. The molecule has 0 radical (unpaired) electrons. The number of nitrogens with zero attached hydrogens (tertiary/aromatic N) is 3. The zero-order valence-electron chi connectivity index (χ0n) is 39.1. The Kier molecular flexibility index (Phi) is 16.8. The van der Waals surface area contributed by atoms with Crippen molar-refractivity contribution < 1.29 is 28.5 Å². The third-order valence-corrected chi connectivity index (χ3v) is 13.6. The number of carbonyl (C=O) groups excluding carboxylic acids is 5. The maximum atomic E-state index is 14.1. The number of amides is 5. The lowest BCUT2D eigenvalue weighted by Crippen LogP contribution is -2.58. The average molecular weight is 900 g/mol. The van der Waals surface area contributed by atoms with Gasteiger partial charge in [-0.15, -0.1) is 0 Å². The molecule has 0 spiro atoms. The van der Waals surface area contributed by atoms with Crippen molar-refractivity contribution >= 4 is 29.5 Å². The molecule has 1 saturated heterocycles. The van der Waals surface area contributed by atoms with Crippen LogP contribution in [0.4, 0.5) is 0 Å². The highest BCUT2D eigenvalue weighted by atomic mass is 16.5. The molecule has 0 bridgehead atoms. The molecule has 5 amide bonds. The van der Waals surface area contributed by atoms with Crippen molar-refractivity contribution in [2.75, 3.05) is 19.6 Å². The van der Waals surface area contributed by atoms with Crippen LogP contribution in [0.3, 0.4) is 0 Å². The SMILES string of the molecule is CCCCCCCCCC(=O)NC(C)(Cc1nc(-c2ccc(C(=O)N3C[C@@H](C(=O)N[C@H]4C[C@@H]4c4ccccc4)[C@H](C(=O)N[C@H]4C[C@@H]4c4ccccc4)C3)cc2)no1)C(=O)NCCCCCC. The minimum absolute atomic E-state index is 0.000114. The van der Waals surface area contributed by atoms with E-state index in [1.54, 1.807) is 36.1 Å². The fourth-order valence-corrected chi connectivity index (χ4v) is 9.36. The Morgan fingerprint density at radius 1 is 0.682 bits per heavy atom. The van der Waals surface area contributed by atoms with Crippen molar-refractivity contribution in [2.45, 2.75) is 147 Å². The molecule has 13 nitrogen and oxygen atoms in total. The first-order valence-electron chi connectivity index (χ1n) is 24.6. The lowest BCUT2D eigenvalue weighted by molar-refractivity contribution is -0.133. The molecule has 2 heterocycles. The van der Waals surface area contributed by atoms with Crippen LogP contribution in [0.15, 0.2) is 89.5 Å². The summed E-state index contributed by atoms with van der Waals surface area (Å²) in [6, 6.07) is 27.0. The summed E-state index contributed by atoms with van der Waals surface area (Å²) in [7, 11) is 0. The number of unbranched alkanes of at least 4 members (excludes halogenated alkanes) is 9. The summed E-state index contributed by atoms with van der Waals surface area (Å²) in [4.78, 5) is 75.0. The summed E-state index contributed by atoms with van der Waals surface area (Å²) in [5.74, 6) is -1.66. The second-order valence-corrected chi connectivity index (χ2v) is 19.0. The van der Waals surface area contributed by atoms with E-state index >= 15 is 0 Å². The van der Waals surface area contributed by atoms with E-state index in [4.69, 9.17) is 4.52 Å². The fraction of sp³-hybridized carbons (Fsp3) is 0.528. The van der Waals surface area contributed by atoms with Gasteiger partial charge in [-0.3, -0.25) is 24.0 Å². The van der Waals surface area contributed by atoms with Crippen molar-refractivity contribution in [3.8, 4) is 11.4 Å². The molecule has 352 valence electrons. The minimum Gasteiger partial charge on any atom is -0.354 e. The highest BCUT2D eigenvalue weighted by Gasteiger charge is 2.49. The van der Waals surface area contributed by atoms with Gasteiger partial charge < -0.3 is 30.7 Å². The van der Waals surface area contributed by atoms with E-state index < -0.39 is 17.4 Å². The smallest absolute Gasteiger partial charge is 0.253 e. The van der Waals surface area contributed by atoms with Crippen LogP contribution in [-0.2, 0) is 25.6 Å². The minimum atomic E-state index is -1.31. The van der Waals surface area contributed by atoms with Gasteiger partial charge in [0.2, 0.25) is 35.3 Å². The highest BCUT2D eigenvalue weighted by molar-refractivity contribution is 5.97. The largest absolute Gasteiger partial charge is 0.354 e. The number of hydrogen-bond donors (Lipinski definition) is 4. The molecular formula is C53H69N7O6. The number of aromatic nitrogens is 2. The fourth-order valence-electron chi connectivity index (χ4n) is 9.36. The molecule has 3 aromatic carbocycles. The molecule has 3 aliphatic rings. The Morgan fingerprint density at radius 2 is 1.21 bits per heavy atom. The molecule has 7 rings (SSSR count). The van der Waals surface area contributed by atoms with E-state index in [1.807, 2.05) is 36.4 Å². The van der Waals surface area contributed by atoms with Gasteiger partial charge >= 0.3 is 0 Å². The van der Waals surface area contributed by atoms with Crippen LogP contribution in [0.5, 0.6) is 0 Å². The molecule has 4 N–H and O–H groups in total. The number of rotatable bonds is 25. The van der Waals surface area contributed by atoms with Crippen molar-refractivity contribution in [1.82, 2.24) is 36.3 Å². The maximum absolute atomic E-state index is 14.1. The Morgan fingerprint density at radius 3 is 1.77 bits per heavy atom. The number of nitrogens with one attached hydrogen (secondary N) is 4. The third-order valence-electron chi connectivity index (χ3n) is 13.6. The third kappa shape index (κ3) is 12.9. The molecule has 13 heteroatoms. The zero-order valence-corrected chi connectivity index (χ0v) is 39.1. The normalized spacial score (nSPS) is 21.7. The van der Waals surface area contributed by atoms with Crippen molar-refractivity contribution in [3.05, 3.63) is 108 Å². The summed E-state index contributed by atoms with van der Waals surface area (Å²) in [5, 5.41) is 16.6. The first-order chi connectivity index (χ1) is 32.1. The van der Waals surface area contributed by atoms with Crippen molar-refractivity contribution in [3.63, 3.8) is 0 Å². The summed E-state index contributed by atoms with van der Waals surface area (Å²) >= 11 is 0. The van der Waals surface area contributed by atoms with Crippen LogP contribution in [0.1, 0.15) is 150 Å². The summed E-state index contributed by atoms with van der Waals surface area (Å²) in [5.41, 5.74) is 2.03. The molecule has 2 saturated carbocycles. The van der Waals surface area contributed by atoms with Crippen LogP contribution >= 0.6 is 0 Å². The molecule has 2 aliphatic carbocycles.